The zero-order valence-corrected chi connectivity index (χ0v) is 18.9. The van der Waals surface area contributed by atoms with E-state index in [1.54, 1.807) is 19.9 Å². The van der Waals surface area contributed by atoms with Gasteiger partial charge >= 0.3 is 11.9 Å². The van der Waals surface area contributed by atoms with Gasteiger partial charge in [-0.3, -0.25) is 19.7 Å². The predicted molar refractivity (Wildman–Crippen MR) is 116 cm³/mol. The van der Waals surface area contributed by atoms with Crippen LogP contribution >= 0.6 is 0 Å². The largest absolute Gasteiger partial charge is 0.468 e. The molecular formula is C23H26N2O8. The molecule has 0 spiro atoms. The molecule has 0 bridgehead atoms. The molecule has 3 rings (SSSR count). The zero-order valence-electron chi connectivity index (χ0n) is 18.9. The molecule has 10 nitrogen and oxygen atoms in total. The highest BCUT2D eigenvalue weighted by Gasteiger charge is 2.48. The molecule has 0 fully saturated rings. The van der Waals surface area contributed by atoms with Crippen molar-refractivity contribution < 1.29 is 33.5 Å². The highest BCUT2D eigenvalue weighted by molar-refractivity contribution is 6.12. The average molecular weight is 458 g/mol. The third-order valence-corrected chi connectivity index (χ3v) is 5.93. The highest BCUT2D eigenvalue weighted by atomic mass is 16.6. The normalized spacial score (nSPS) is 22.4. The molecule has 1 aliphatic carbocycles. The van der Waals surface area contributed by atoms with Crippen LogP contribution in [0.3, 0.4) is 0 Å². The number of nitro benzene ring substituents is 1. The van der Waals surface area contributed by atoms with E-state index in [0.29, 0.717) is 17.8 Å². The number of benzene rings is 1. The van der Waals surface area contributed by atoms with Crippen LogP contribution in [0.4, 0.5) is 5.69 Å². The fourth-order valence-electron chi connectivity index (χ4n) is 4.46. The van der Waals surface area contributed by atoms with E-state index >= 15 is 0 Å². The molecule has 1 heterocycles. The van der Waals surface area contributed by atoms with Crippen molar-refractivity contribution in [3.63, 3.8) is 0 Å². The van der Waals surface area contributed by atoms with Gasteiger partial charge in [-0.05, 0) is 19.3 Å². The molecular weight excluding hydrogens is 432 g/mol. The number of carbonyl (C=O) groups excluding carboxylic acids is 3. The molecule has 0 aromatic heterocycles. The molecule has 10 heteroatoms. The number of carbonyl (C=O) groups is 3. The Morgan fingerprint density at radius 3 is 2.55 bits per heavy atom. The minimum Gasteiger partial charge on any atom is -0.468 e. The fourth-order valence-corrected chi connectivity index (χ4v) is 4.46. The van der Waals surface area contributed by atoms with E-state index in [4.69, 9.17) is 14.2 Å². The molecule has 0 amide bonds. The second kappa shape index (κ2) is 9.95. The van der Waals surface area contributed by atoms with Crippen molar-refractivity contribution in [1.82, 2.24) is 5.32 Å². The molecule has 1 aromatic carbocycles. The number of nitrogens with zero attached hydrogens (tertiary/aromatic N) is 1. The maximum Gasteiger partial charge on any atom is 0.336 e. The number of dihydropyridines is 1. The van der Waals surface area contributed by atoms with Crippen LogP contribution in [0.1, 0.15) is 31.7 Å². The van der Waals surface area contributed by atoms with Gasteiger partial charge in [-0.2, -0.15) is 0 Å². The van der Waals surface area contributed by atoms with E-state index in [-0.39, 0.29) is 41.5 Å². The quantitative estimate of drug-likeness (QED) is 0.215. The van der Waals surface area contributed by atoms with Gasteiger partial charge < -0.3 is 19.5 Å². The summed E-state index contributed by atoms with van der Waals surface area (Å²) in [5, 5.41) is 14.9. The van der Waals surface area contributed by atoms with Crippen LogP contribution < -0.4 is 5.32 Å². The molecule has 2 aliphatic rings. The van der Waals surface area contributed by atoms with Crippen molar-refractivity contribution in [3.8, 4) is 0 Å². The van der Waals surface area contributed by atoms with Crippen LogP contribution in [-0.2, 0) is 28.6 Å². The number of Topliss-reactive ketones (excluding diaryl/α,β-unsaturated/α-hetero) is 1. The smallest absolute Gasteiger partial charge is 0.336 e. The van der Waals surface area contributed by atoms with E-state index < -0.39 is 34.5 Å². The van der Waals surface area contributed by atoms with Gasteiger partial charge in [0, 0.05) is 35.7 Å². The first kappa shape index (κ1) is 24.1. The van der Waals surface area contributed by atoms with E-state index in [0.717, 1.165) is 0 Å². The Labute approximate surface area is 190 Å². The van der Waals surface area contributed by atoms with Crippen LogP contribution in [0.25, 0.3) is 0 Å². The Hall–Kier alpha value is -3.53. The first-order chi connectivity index (χ1) is 15.7. The van der Waals surface area contributed by atoms with E-state index in [2.05, 4.69) is 5.32 Å². The summed E-state index contributed by atoms with van der Waals surface area (Å²) >= 11 is 0. The van der Waals surface area contributed by atoms with Crippen molar-refractivity contribution in [1.29, 1.82) is 0 Å². The minimum absolute atomic E-state index is 0.0304. The van der Waals surface area contributed by atoms with Crippen LogP contribution in [0, 0.1) is 22.0 Å². The number of allylic oxidation sites excluding steroid dienone is 3. The number of methoxy groups -OCH3 is 2. The standard InChI is InChI=1S/C23H26N2O8/c1-12-11-15-20(21(26)17(12)22(27)32-4)19(14-7-5-6-8-16(14)25(29)30)18(13(2)24-15)23(28)33-10-9-31-3/h5-8,12,17,19,24H,9-11H2,1-4H3/t12-,17-,19+/m0/s1. The Morgan fingerprint density at radius 1 is 1.21 bits per heavy atom. The molecule has 0 saturated carbocycles. The lowest BCUT2D eigenvalue weighted by atomic mass is 9.69. The summed E-state index contributed by atoms with van der Waals surface area (Å²) in [6.07, 6.45) is 0.335. The van der Waals surface area contributed by atoms with Crippen molar-refractivity contribution >= 4 is 23.4 Å². The molecule has 176 valence electrons. The number of ketones is 1. The van der Waals surface area contributed by atoms with Gasteiger partial charge in [-0.15, -0.1) is 0 Å². The zero-order chi connectivity index (χ0) is 24.3. The van der Waals surface area contributed by atoms with E-state index in [1.165, 1.54) is 32.4 Å². The molecule has 1 aromatic rings. The van der Waals surface area contributed by atoms with Crippen molar-refractivity contribution in [2.24, 2.45) is 11.8 Å². The molecule has 0 saturated heterocycles. The van der Waals surface area contributed by atoms with Crippen LogP contribution in [-0.4, -0.2) is 50.1 Å². The summed E-state index contributed by atoms with van der Waals surface area (Å²) < 4.78 is 15.1. The number of ether oxygens (including phenoxy) is 3. The van der Waals surface area contributed by atoms with Gasteiger partial charge in [0.2, 0.25) is 0 Å². The number of hydrogen-bond acceptors (Lipinski definition) is 9. The summed E-state index contributed by atoms with van der Waals surface area (Å²) in [6.45, 7) is 3.55. The predicted octanol–water partition coefficient (Wildman–Crippen LogP) is 2.40. The number of esters is 2. The Kier molecular flexibility index (Phi) is 7.27. The maximum atomic E-state index is 13.6. The first-order valence-corrected chi connectivity index (χ1v) is 10.4. The summed E-state index contributed by atoms with van der Waals surface area (Å²) in [5.41, 5.74) is 1.10. The maximum absolute atomic E-state index is 13.6. The summed E-state index contributed by atoms with van der Waals surface area (Å²) in [7, 11) is 2.66. The molecule has 33 heavy (non-hydrogen) atoms. The van der Waals surface area contributed by atoms with Gasteiger partial charge in [0.25, 0.3) is 5.69 Å². The lowest BCUT2D eigenvalue weighted by Crippen LogP contribution is -2.43. The van der Waals surface area contributed by atoms with Crippen LogP contribution in [0.15, 0.2) is 46.8 Å². The van der Waals surface area contributed by atoms with Crippen molar-refractivity contribution in [3.05, 3.63) is 62.5 Å². The monoisotopic (exact) mass is 458 g/mol. The molecule has 1 N–H and O–H groups in total. The Balaban J connectivity index is 2.20. The molecule has 1 aliphatic heterocycles. The molecule has 0 unspecified atom stereocenters. The third kappa shape index (κ3) is 4.51. The van der Waals surface area contributed by atoms with Crippen LogP contribution in [0.2, 0.25) is 0 Å². The highest BCUT2D eigenvalue weighted by Crippen LogP contribution is 2.47. The van der Waals surface area contributed by atoms with Gasteiger partial charge in [-0.25, -0.2) is 4.79 Å². The SMILES string of the molecule is COCCOC(=O)C1=C(C)NC2=C(C(=O)[C@@H](C(=O)OC)[C@@H](C)C2)[C@@H]1c1ccccc1[N+](=O)[O-]. The number of para-hydroxylation sites is 1. The number of hydrogen-bond donors (Lipinski definition) is 1. The number of nitrogens with one attached hydrogen (secondary N) is 1. The van der Waals surface area contributed by atoms with Gasteiger partial charge in [0.15, 0.2) is 5.78 Å². The number of nitro groups is 1. The third-order valence-electron chi connectivity index (χ3n) is 5.93. The molecule has 3 atom stereocenters. The van der Waals surface area contributed by atoms with Crippen LogP contribution in [0.5, 0.6) is 0 Å². The van der Waals surface area contributed by atoms with Crippen molar-refractivity contribution in [2.45, 2.75) is 26.2 Å². The Morgan fingerprint density at radius 2 is 1.91 bits per heavy atom. The minimum atomic E-state index is -1.08. The van der Waals surface area contributed by atoms with Gasteiger partial charge in [0.05, 0.1) is 30.1 Å². The second-order valence-corrected chi connectivity index (χ2v) is 7.98. The lowest BCUT2D eigenvalue weighted by molar-refractivity contribution is -0.385. The van der Waals surface area contributed by atoms with Crippen molar-refractivity contribution in [2.75, 3.05) is 27.4 Å². The van der Waals surface area contributed by atoms with E-state index in [1.807, 2.05) is 0 Å². The van der Waals surface area contributed by atoms with Gasteiger partial charge in [-0.1, -0.05) is 25.1 Å². The Bertz CT molecular complexity index is 1060. The molecule has 0 radical (unpaired) electrons. The summed E-state index contributed by atoms with van der Waals surface area (Å²) in [4.78, 5) is 50.4. The lowest BCUT2D eigenvalue weighted by Gasteiger charge is -2.38. The topological polar surface area (TPSA) is 134 Å². The van der Waals surface area contributed by atoms with E-state index in [9.17, 15) is 24.5 Å². The average Bonchev–Trinajstić information content (AvgIpc) is 2.77. The number of rotatable bonds is 7. The summed E-state index contributed by atoms with van der Waals surface area (Å²) in [6, 6.07) is 5.93. The second-order valence-electron chi connectivity index (χ2n) is 7.98. The fraction of sp³-hybridized carbons (Fsp3) is 0.435. The first-order valence-electron chi connectivity index (χ1n) is 10.4. The summed E-state index contributed by atoms with van der Waals surface area (Å²) in [5.74, 6) is -4.45. The van der Waals surface area contributed by atoms with Gasteiger partial charge in [0.1, 0.15) is 12.5 Å².